The number of thiazole rings is 1. The van der Waals surface area contributed by atoms with E-state index in [1.165, 1.54) is 30.9 Å². The summed E-state index contributed by atoms with van der Waals surface area (Å²) in [4.78, 5) is 46.0. The van der Waals surface area contributed by atoms with Gasteiger partial charge in [-0.15, -0.1) is 0 Å². The van der Waals surface area contributed by atoms with Crippen LogP contribution in [-0.2, 0) is 9.53 Å². The Kier molecular flexibility index (Phi) is 9.02. The minimum Gasteiger partial charge on any atom is -0.493 e. The molecule has 0 bridgehead atoms. The van der Waals surface area contributed by atoms with Gasteiger partial charge < -0.3 is 19.1 Å². The maximum atomic E-state index is 14.2. The molecule has 3 aromatic rings. The second-order valence-electron chi connectivity index (χ2n) is 10.1. The molecule has 1 atom stereocenters. The summed E-state index contributed by atoms with van der Waals surface area (Å²) in [5.41, 5.74) is 2.17. The van der Waals surface area contributed by atoms with Gasteiger partial charge in [0.25, 0.3) is 11.2 Å². The molecule has 0 aliphatic carbocycles. The van der Waals surface area contributed by atoms with Gasteiger partial charge in [-0.2, -0.15) is 0 Å². The maximum Gasteiger partial charge on any atom is 0.338 e. The first kappa shape index (κ1) is 30.5. The van der Waals surface area contributed by atoms with E-state index in [1.54, 1.807) is 38.1 Å². The van der Waals surface area contributed by atoms with Crippen molar-refractivity contribution in [3.05, 3.63) is 87.0 Å². The van der Waals surface area contributed by atoms with Gasteiger partial charge in [-0.1, -0.05) is 27.3 Å². The zero-order valence-electron chi connectivity index (χ0n) is 24.2. The van der Waals surface area contributed by atoms with Crippen molar-refractivity contribution >= 4 is 50.7 Å². The highest BCUT2D eigenvalue weighted by Gasteiger charge is 2.35. The summed E-state index contributed by atoms with van der Waals surface area (Å²) in [5, 5.41) is 11.7. The predicted molar refractivity (Wildman–Crippen MR) is 167 cm³/mol. The standard InChI is InChI=1S/C30H31BrN4O7S/c1-5-42-29(37)26-17(2)32-30-34(27(26)20-15-23(40-3)24(41-4)16-21(20)31)28(36)25(43-30)14-18-13-19(35(38)39)9-10-22(18)33-11-7-6-8-12-33/h9-10,13-16,27H,5-8,11-12H2,1-4H3/b25-14+. The number of ether oxygens (including phenoxy) is 3. The van der Waals surface area contributed by atoms with Gasteiger partial charge in [-0.05, 0) is 62.9 Å². The Balaban J connectivity index is 1.76. The Morgan fingerprint density at radius 3 is 2.51 bits per heavy atom. The molecule has 1 saturated heterocycles. The summed E-state index contributed by atoms with van der Waals surface area (Å²) < 4.78 is 18.8. The van der Waals surface area contributed by atoms with Gasteiger partial charge in [0.15, 0.2) is 16.3 Å². The van der Waals surface area contributed by atoms with Crippen LogP contribution in [0.5, 0.6) is 11.5 Å². The maximum absolute atomic E-state index is 14.2. The number of nitro groups is 1. The lowest BCUT2D eigenvalue weighted by Crippen LogP contribution is -2.40. The first-order valence-corrected chi connectivity index (χ1v) is 15.4. The third-order valence-corrected chi connectivity index (χ3v) is 9.19. The molecule has 43 heavy (non-hydrogen) atoms. The molecule has 0 saturated carbocycles. The molecule has 0 spiro atoms. The number of halogens is 1. The lowest BCUT2D eigenvalue weighted by atomic mass is 9.95. The molecule has 1 fully saturated rings. The van der Waals surface area contributed by atoms with E-state index in [1.807, 2.05) is 0 Å². The van der Waals surface area contributed by atoms with Crippen molar-refractivity contribution in [1.82, 2.24) is 4.57 Å². The van der Waals surface area contributed by atoms with Crippen LogP contribution in [0.25, 0.3) is 6.08 Å². The molecule has 0 amide bonds. The first-order valence-electron chi connectivity index (χ1n) is 13.8. The molecule has 13 heteroatoms. The van der Waals surface area contributed by atoms with E-state index in [0.717, 1.165) is 49.4 Å². The van der Waals surface area contributed by atoms with E-state index in [9.17, 15) is 19.7 Å². The number of non-ortho nitro benzene ring substituents is 1. The van der Waals surface area contributed by atoms with Crippen molar-refractivity contribution in [3.63, 3.8) is 0 Å². The van der Waals surface area contributed by atoms with Crippen molar-refractivity contribution in [2.75, 3.05) is 38.8 Å². The number of carbonyl (C=O) groups is 1. The summed E-state index contributed by atoms with van der Waals surface area (Å²) >= 11 is 4.77. The van der Waals surface area contributed by atoms with Crippen LogP contribution in [0.3, 0.4) is 0 Å². The number of nitrogens with zero attached hydrogens (tertiary/aromatic N) is 4. The number of esters is 1. The molecule has 2 aromatic carbocycles. The second-order valence-corrected chi connectivity index (χ2v) is 11.9. The third-order valence-electron chi connectivity index (χ3n) is 7.52. The number of methoxy groups -OCH3 is 2. The van der Waals surface area contributed by atoms with Crippen LogP contribution in [0.15, 0.2) is 55.9 Å². The van der Waals surface area contributed by atoms with E-state index < -0.39 is 16.9 Å². The van der Waals surface area contributed by atoms with E-state index in [0.29, 0.717) is 42.1 Å². The number of hydrogen-bond acceptors (Lipinski definition) is 10. The number of aromatic nitrogens is 1. The fourth-order valence-corrected chi connectivity index (χ4v) is 7.08. The lowest BCUT2D eigenvalue weighted by molar-refractivity contribution is -0.384. The molecule has 1 aromatic heterocycles. The number of carbonyl (C=O) groups excluding carboxylic acids is 1. The van der Waals surface area contributed by atoms with Gasteiger partial charge >= 0.3 is 5.97 Å². The van der Waals surface area contributed by atoms with Crippen LogP contribution in [0.4, 0.5) is 11.4 Å². The Labute approximate surface area is 260 Å². The first-order chi connectivity index (χ1) is 20.7. The van der Waals surface area contributed by atoms with E-state index in [4.69, 9.17) is 14.2 Å². The smallest absolute Gasteiger partial charge is 0.338 e. The molecule has 2 aliphatic rings. The number of nitro benzene ring substituents is 1. The number of piperidine rings is 1. The zero-order valence-corrected chi connectivity index (χ0v) is 26.6. The fraction of sp³-hybridized carbons (Fsp3) is 0.367. The van der Waals surface area contributed by atoms with Gasteiger partial charge in [-0.25, -0.2) is 9.79 Å². The molecule has 5 rings (SSSR count). The molecule has 2 aliphatic heterocycles. The van der Waals surface area contributed by atoms with Crippen LogP contribution in [0, 0.1) is 10.1 Å². The van der Waals surface area contributed by atoms with Crippen molar-refractivity contribution in [2.45, 2.75) is 39.2 Å². The number of benzene rings is 2. The average Bonchev–Trinajstić information content (AvgIpc) is 3.30. The van der Waals surface area contributed by atoms with Crippen molar-refractivity contribution in [2.24, 2.45) is 4.99 Å². The van der Waals surface area contributed by atoms with Gasteiger partial charge in [0.1, 0.15) is 0 Å². The van der Waals surface area contributed by atoms with Crippen molar-refractivity contribution in [1.29, 1.82) is 0 Å². The van der Waals surface area contributed by atoms with Gasteiger partial charge in [0.05, 0.1) is 47.6 Å². The van der Waals surface area contributed by atoms with Crippen LogP contribution < -0.4 is 29.3 Å². The summed E-state index contributed by atoms with van der Waals surface area (Å²) in [6.07, 6.45) is 4.86. The van der Waals surface area contributed by atoms with Crippen LogP contribution >= 0.6 is 27.3 Å². The van der Waals surface area contributed by atoms with Gasteiger partial charge in [-0.3, -0.25) is 19.5 Å². The van der Waals surface area contributed by atoms with Crippen molar-refractivity contribution < 1.29 is 23.9 Å². The van der Waals surface area contributed by atoms with E-state index >= 15 is 0 Å². The summed E-state index contributed by atoms with van der Waals surface area (Å²) in [7, 11) is 3.03. The molecule has 0 radical (unpaired) electrons. The predicted octanol–water partition coefficient (Wildman–Crippen LogP) is 4.48. The highest BCUT2D eigenvalue weighted by atomic mass is 79.9. The fourth-order valence-electron chi connectivity index (χ4n) is 5.50. The Bertz CT molecular complexity index is 1810. The Morgan fingerprint density at radius 1 is 1.16 bits per heavy atom. The van der Waals surface area contributed by atoms with Crippen LogP contribution in [-0.4, -0.2) is 49.4 Å². The molecular formula is C30H31BrN4O7S. The highest BCUT2D eigenvalue weighted by Crippen LogP contribution is 2.41. The summed E-state index contributed by atoms with van der Waals surface area (Å²) in [6, 6.07) is 7.29. The van der Waals surface area contributed by atoms with Gasteiger partial charge in [0, 0.05) is 40.9 Å². The normalized spacial score (nSPS) is 16.9. The summed E-state index contributed by atoms with van der Waals surface area (Å²) in [6.45, 7) is 5.22. The van der Waals surface area contributed by atoms with Gasteiger partial charge in [0.2, 0.25) is 0 Å². The largest absolute Gasteiger partial charge is 0.493 e. The molecule has 0 N–H and O–H groups in total. The quantitative estimate of drug-likeness (QED) is 0.195. The monoisotopic (exact) mass is 670 g/mol. The number of rotatable bonds is 8. The Morgan fingerprint density at radius 2 is 1.86 bits per heavy atom. The third kappa shape index (κ3) is 5.83. The SMILES string of the molecule is CCOC(=O)C1=C(C)N=c2s/c(=C/c3cc([N+](=O)[O-])ccc3N3CCCCC3)c(=O)n2C1c1cc(OC)c(OC)cc1Br. The molecule has 11 nitrogen and oxygen atoms in total. The van der Waals surface area contributed by atoms with Crippen LogP contribution in [0.1, 0.15) is 50.3 Å². The van der Waals surface area contributed by atoms with E-state index in [-0.39, 0.29) is 23.4 Å². The number of anilines is 1. The highest BCUT2D eigenvalue weighted by molar-refractivity contribution is 9.10. The minimum absolute atomic E-state index is 0.0626. The molecule has 3 heterocycles. The van der Waals surface area contributed by atoms with E-state index in [2.05, 4.69) is 25.8 Å². The average molecular weight is 672 g/mol. The number of fused-ring (bicyclic) bond motifs is 1. The molecule has 226 valence electrons. The van der Waals surface area contributed by atoms with Crippen LogP contribution in [0.2, 0.25) is 0 Å². The lowest BCUT2D eigenvalue weighted by Gasteiger charge is -2.30. The summed E-state index contributed by atoms with van der Waals surface area (Å²) in [5.74, 6) is 0.305. The number of allylic oxidation sites excluding steroid dienone is 1. The molecule has 1 unspecified atom stereocenters. The molecular weight excluding hydrogens is 640 g/mol. The topological polar surface area (TPSA) is 126 Å². The number of hydrogen-bond donors (Lipinski definition) is 0. The Hall–Kier alpha value is -3.97. The van der Waals surface area contributed by atoms with Crippen molar-refractivity contribution in [3.8, 4) is 11.5 Å². The zero-order chi connectivity index (χ0) is 30.8. The minimum atomic E-state index is -0.890. The second kappa shape index (κ2) is 12.7.